The predicted octanol–water partition coefficient (Wildman–Crippen LogP) is 2.27. The first kappa shape index (κ1) is 17.9. The number of rotatable bonds is 4. The number of hydrogen-bond acceptors (Lipinski definition) is 6. The molecular formula is C19H20F2N4O2S. The molecule has 2 aliphatic heterocycles. The molecule has 9 heteroatoms. The largest absolute Gasteiger partial charge is 0.394 e. The maximum Gasteiger partial charge on any atom is 0.228 e. The third-order valence-corrected chi connectivity index (χ3v) is 7.38. The van der Waals surface area contributed by atoms with Crippen LogP contribution in [0.1, 0.15) is 36.1 Å². The monoisotopic (exact) mass is 406 g/mol. The summed E-state index contributed by atoms with van der Waals surface area (Å²) in [5.74, 6) is -0.251. The Hall–Kier alpha value is -2.13. The zero-order valence-corrected chi connectivity index (χ0v) is 16.0. The van der Waals surface area contributed by atoms with E-state index in [0.29, 0.717) is 53.1 Å². The lowest BCUT2D eigenvalue weighted by Gasteiger charge is -2.41. The quantitative estimate of drug-likeness (QED) is 0.811. The Morgan fingerprint density at radius 3 is 2.43 bits per heavy atom. The molecule has 1 unspecified atom stereocenters. The third-order valence-electron chi connectivity index (χ3n) is 5.92. The second-order valence-electron chi connectivity index (χ2n) is 7.76. The number of anilines is 2. The molecule has 1 saturated carbocycles. The molecule has 3 heterocycles. The maximum absolute atomic E-state index is 13.6. The van der Waals surface area contributed by atoms with E-state index in [1.807, 2.05) is 4.90 Å². The third kappa shape index (κ3) is 2.79. The van der Waals surface area contributed by atoms with Gasteiger partial charge in [-0.05, 0) is 42.5 Å². The summed E-state index contributed by atoms with van der Waals surface area (Å²) in [6, 6.07) is 2.45. The Balaban J connectivity index is 1.51. The first-order chi connectivity index (χ1) is 13.5. The number of aryl methyl sites for hydroxylation is 1. The summed E-state index contributed by atoms with van der Waals surface area (Å²) >= 11 is 0. The van der Waals surface area contributed by atoms with Crippen LogP contribution in [0, 0.1) is 11.6 Å². The molecule has 0 spiro atoms. The average molecular weight is 406 g/mol. The van der Waals surface area contributed by atoms with Crippen molar-refractivity contribution in [2.75, 3.05) is 22.6 Å². The second kappa shape index (κ2) is 6.45. The van der Waals surface area contributed by atoms with E-state index in [1.165, 1.54) is 12.1 Å². The van der Waals surface area contributed by atoms with Gasteiger partial charge in [0.05, 0.1) is 28.6 Å². The van der Waals surface area contributed by atoms with Crippen molar-refractivity contribution >= 4 is 22.6 Å². The first-order valence-electron chi connectivity index (χ1n) is 9.38. The van der Waals surface area contributed by atoms with Crippen molar-refractivity contribution < 1.29 is 18.1 Å². The number of benzene rings is 1. The molecule has 148 valence electrons. The van der Waals surface area contributed by atoms with Crippen molar-refractivity contribution in [3.63, 3.8) is 0 Å². The van der Waals surface area contributed by atoms with Crippen LogP contribution >= 0.6 is 0 Å². The summed E-state index contributed by atoms with van der Waals surface area (Å²) < 4.78 is 39.6. The van der Waals surface area contributed by atoms with E-state index in [4.69, 9.17) is 0 Å². The number of hydrogen-bond donors (Lipinski definition) is 2. The van der Waals surface area contributed by atoms with Gasteiger partial charge in [-0.1, -0.05) is 0 Å². The standard InChI is InChI=1S/C19H20F2N4O2S/c20-13-6-11-8-25(9-12(11)7-14(13)21)18-22-15-2-5-28(27)16(15)17(23-18)24-19(10-26)3-1-4-19/h6-7,26H,1-5,8-10H2,(H,22,23,24). The van der Waals surface area contributed by atoms with Gasteiger partial charge >= 0.3 is 0 Å². The van der Waals surface area contributed by atoms with Crippen LogP contribution in [0.3, 0.4) is 0 Å². The number of nitrogens with one attached hydrogen (secondary N) is 1. The maximum atomic E-state index is 13.6. The summed E-state index contributed by atoms with van der Waals surface area (Å²) in [6.45, 7) is 0.763. The van der Waals surface area contributed by atoms with Gasteiger partial charge in [-0.15, -0.1) is 0 Å². The Kier molecular flexibility index (Phi) is 4.13. The van der Waals surface area contributed by atoms with Crippen molar-refractivity contribution in [2.45, 2.75) is 49.2 Å². The number of aromatic nitrogens is 2. The molecule has 0 radical (unpaired) electrons. The van der Waals surface area contributed by atoms with Crippen molar-refractivity contribution in [2.24, 2.45) is 0 Å². The zero-order valence-electron chi connectivity index (χ0n) is 15.2. The average Bonchev–Trinajstić information content (AvgIpc) is 3.22. The number of nitrogens with zero attached hydrogens (tertiary/aromatic N) is 3. The van der Waals surface area contributed by atoms with Gasteiger partial charge in [0.15, 0.2) is 11.6 Å². The van der Waals surface area contributed by atoms with E-state index in [-0.39, 0.29) is 6.61 Å². The van der Waals surface area contributed by atoms with Crippen LogP contribution in [-0.2, 0) is 30.3 Å². The van der Waals surface area contributed by atoms with Gasteiger partial charge in [0.25, 0.3) is 0 Å². The van der Waals surface area contributed by atoms with Crippen LogP contribution < -0.4 is 10.2 Å². The van der Waals surface area contributed by atoms with Gasteiger partial charge in [-0.2, -0.15) is 4.98 Å². The molecule has 28 heavy (non-hydrogen) atoms. The van der Waals surface area contributed by atoms with Crippen LogP contribution in [0.4, 0.5) is 20.5 Å². The minimum absolute atomic E-state index is 0.0124. The fourth-order valence-electron chi connectivity index (χ4n) is 4.12. The fourth-order valence-corrected chi connectivity index (χ4v) is 5.43. The number of halogens is 2. The molecule has 5 rings (SSSR count). The summed E-state index contributed by atoms with van der Waals surface area (Å²) in [4.78, 5) is 11.7. The molecule has 2 N–H and O–H groups in total. The molecule has 1 fully saturated rings. The van der Waals surface area contributed by atoms with Crippen molar-refractivity contribution in [1.29, 1.82) is 0 Å². The van der Waals surface area contributed by atoms with Crippen LogP contribution in [0.5, 0.6) is 0 Å². The van der Waals surface area contributed by atoms with Crippen molar-refractivity contribution in [3.8, 4) is 0 Å². The second-order valence-corrected chi connectivity index (χ2v) is 9.26. The SMILES string of the molecule is O=S1CCc2nc(N3Cc4cc(F)c(F)cc4C3)nc(NC3(CO)CCC3)c21. The number of fused-ring (bicyclic) bond motifs is 2. The summed E-state index contributed by atoms with van der Waals surface area (Å²) in [5, 5.41) is 13.1. The van der Waals surface area contributed by atoms with Crippen molar-refractivity contribution in [3.05, 3.63) is 40.6 Å². The number of aliphatic hydroxyl groups excluding tert-OH is 1. The minimum Gasteiger partial charge on any atom is -0.394 e. The molecule has 1 aromatic carbocycles. The lowest BCUT2D eigenvalue weighted by molar-refractivity contribution is 0.143. The zero-order chi connectivity index (χ0) is 19.5. The Bertz CT molecular complexity index is 960. The van der Waals surface area contributed by atoms with Gasteiger partial charge in [0.1, 0.15) is 10.7 Å². The van der Waals surface area contributed by atoms with E-state index in [0.717, 1.165) is 25.0 Å². The summed E-state index contributed by atoms with van der Waals surface area (Å²) in [7, 11) is -1.17. The molecule has 3 aliphatic rings. The first-order valence-corrected chi connectivity index (χ1v) is 10.7. The van der Waals surface area contributed by atoms with Gasteiger partial charge in [-0.3, -0.25) is 4.21 Å². The van der Waals surface area contributed by atoms with Crippen LogP contribution in [-0.4, -0.2) is 37.2 Å². The Labute approximate surface area is 163 Å². The molecule has 0 saturated heterocycles. The number of aliphatic hydroxyl groups is 1. The van der Waals surface area contributed by atoms with Crippen LogP contribution in [0.25, 0.3) is 0 Å². The summed E-state index contributed by atoms with van der Waals surface area (Å²) in [6.07, 6.45) is 3.29. The molecule has 1 aromatic heterocycles. The van der Waals surface area contributed by atoms with Gasteiger partial charge < -0.3 is 15.3 Å². The predicted molar refractivity (Wildman–Crippen MR) is 101 cm³/mol. The van der Waals surface area contributed by atoms with Crippen LogP contribution in [0.15, 0.2) is 17.0 Å². The molecule has 0 bridgehead atoms. The van der Waals surface area contributed by atoms with Crippen LogP contribution in [0.2, 0.25) is 0 Å². The normalized spacial score (nSPS) is 22.0. The van der Waals surface area contributed by atoms with Gasteiger partial charge in [0.2, 0.25) is 5.95 Å². The summed E-state index contributed by atoms with van der Waals surface area (Å²) in [5.41, 5.74) is 1.75. The highest BCUT2D eigenvalue weighted by Crippen LogP contribution is 2.39. The minimum atomic E-state index is -1.17. The van der Waals surface area contributed by atoms with Gasteiger partial charge in [-0.25, -0.2) is 13.8 Å². The Morgan fingerprint density at radius 1 is 1.18 bits per heavy atom. The lowest BCUT2D eigenvalue weighted by Crippen LogP contribution is -2.48. The lowest BCUT2D eigenvalue weighted by atomic mass is 9.77. The van der Waals surface area contributed by atoms with E-state index in [9.17, 15) is 18.1 Å². The molecule has 6 nitrogen and oxygen atoms in total. The highest BCUT2D eigenvalue weighted by Gasteiger charge is 2.39. The molecule has 0 amide bonds. The molecular weight excluding hydrogens is 386 g/mol. The van der Waals surface area contributed by atoms with E-state index < -0.39 is 28.0 Å². The topological polar surface area (TPSA) is 78.4 Å². The van der Waals surface area contributed by atoms with Gasteiger partial charge in [0, 0.05) is 25.3 Å². The fraction of sp³-hybridized carbons (Fsp3) is 0.474. The molecule has 1 atom stereocenters. The van der Waals surface area contributed by atoms with E-state index in [2.05, 4.69) is 15.3 Å². The highest BCUT2D eigenvalue weighted by molar-refractivity contribution is 7.85. The highest BCUT2D eigenvalue weighted by atomic mass is 32.2. The molecule has 2 aromatic rings. The van der Waals surface area contributed by atoms with Crippen molar-refractivity contribution in [1.82, 2.24) is 9.97 Å². The Morgan fingerprint density at radius 2 is 1.86 bits per heavy atom. The van der Waals surface area contributed by atoms with E-state index in [1.54, 1.807) is 0 Å². The smallest absolute Gasteiger partial charge is 0.228 e. The molecule has 1 aliphatic carbocycles. The van der Waals surface area contributed by atoms with E-state index >= 15 is 0 Å².